The van der Waals surface area contributed by atoms with Gasteiger partial charge in [-0.25, -0.2) is 4.98 Å². The first-order valence-corrected chi connectivity index (χ1v) is 7.79. The number of rotatable bonds is 8. The molecule has 6 nitrogen and oxygen atoms in total. The Morgan fingerprint density at radius 3 is 2.71 bits per heavy atom. The van der Waals surface area contributed by atoms with Crippen molar-refractivity contribution in [3.63, 3.8) is 0 Å². The second-order valence-electron chi connectivity index (χ2n) is 5.36. The SMILES string of the molecule is COCCCNc1ccc(C(=O)Nc2cc(C)ccc2OC)nc1. The third-order valence-electron chi connectivity index (χ3n) is 3.45. The standard InChI is InChI=1S/C18H23N3O3/c1-13-5-8-17(24-3)16(11-13)21-18(22)15-7-6-14(12-20-15)19-9-4-10-23-2/h5-8,11-12,19H,4,9-10H2,1-3H3,(H,21,22). The quantitative estimate of drug-likeness (QED) is 0.728. The van der Waals surface area contributed by atoms with Gasteiger partial charge in [0, 0.05) is 20.3 Å². The zero-order valence-electron chi connectivity index (χ0n) is 14.3. The molecule has 0 aliphatic heterocycles. The molecule has 24 heavy (non-hydrogen) atoms. The minimum absolute atomic E-state index is 0.273. The fraction of sp³-hybridized carbons (Fsp3) is 0.333. The molecule has 0 saturated carbocycles. The molecule has 0 saturated heterocycles. The van der Waals surface area contributed by atoms with Gasteiger partial charge < -0.3 is 20.1 Å². The summed E-state index contributed by atoms with van der Waals surface area (Å²) in [6.07, 6.45) is 2.56. The van der Waals surface area contributed by atoms with Crippen LogP contribution in [0.2, 0.25) is 0 Å². The Kier molecular flexibility index (Phi) is 6.57. The Hall–Kier alpha value is -2.60. The molecule has 0 spiro atoms. The van der Waals surface area contributed by atoms with Crippen LogP contribution < -0.4 is 15.4 Å². The number of ether oxygens (including phenoxy) is 2. The fourth-order valence-electron chi connectivity index (χ4n) is 2.19. The monoisotopic (exact) mass is 329 g/mol. The topological polar surface area (TPSA) is 72.5 Å². The number of carbonyl (C=O) groups excluding carboxylic acids is 1. The first kappa shape index (κ1) is 17.7. The summed E-state index contributed by atoms with van der Waals surface area (Å²) in [7, 11) is 3.25. The van der Waals surface area contributed by atoms with Gasteiger partial charge in [0.2, 0.25) is 0 Å². The van der Waals surface area contributed by atoms with Gasteiger partial charge in [0.25, 0.3) is 5.91 Å². The molecule has 1 aromatic carbocycles. The summed E-state index contributed by atoms with van der Waals surface area (Å²) < 4.78 is 10.3. The molecule has 0 radical (unpaired) electrons. The van der Waals surface area contributed by atoms with E-state index in [2.05, 4.69) is 15.6 Å². The summed E-state index contributed by atoms with van der Waals surface area (Å²) in [5.41, 5.74) is 2.89. The van der Waals surface area contributed by atoms with Crippen molar-refractivity contribution in [3.05, 3.63) is 47.8 Å². The average molecular weight is 329 g/mol. The molecule has 0 aliphatic rings. The van der Waals surface area contributed by atoms with E-state index < -0.39 is 0 Å². The van der Waals surface area contributed by atoms with Gasteiger partial charge in [-0.05, 0) is 43.2 Å². The third kappa shape index (κ3) is 4.96. The maximum atomic E-state index is 12.3. The van der Waals surface area contributed by atoms with Gasteiger partial charge in [-0.2, -0.15) is 0 Å². The number of benzene rings is 1. The number of aryl methyl sites for hydroxylation is 1. The van der Waals surface area contributed by atoms with E-state index in [9.17, 15) is 4.79 Å². The van der Waals surface area contributed by atoms with Crippen LogP contribution in [-0.2, 0) is 4.74 Å². The molecular weight excluding hydrogens is 306 g/mol. The van der Waals surface area contributed by atoms with Crippen LogP contribution >= 0.6 is 0 Å². The van der Waals surface area contributed by atoms with Gasteiger partial charge in [-0.3, -0.25) is 4.79 Å². The predicted molar refractivity (Wildman–Crippen MR) is 94.9 cm³/mol. The number of nitrogens with one attached hydrogen (secondary N) is 2. The number of methoxy groups -OCH3 is 2. The molecule has 1 heterocycles. The van der Waals surface area contributed by atoms with E-state index in [0.717, 1.165) is 24.2 Å². The number of hydrogen-bond acceptors (Lipinski definition) is 5. The Bertz CT molecular complexity index is 672. The number of carbonyl (C=O) groups is 1. The number of nitrogens with zero attached hydrogens (tertiary/aromatic N) is 1. The van der Waals surface area contributed by atoms with E-state index in [0.29, 0.717) is 23.7 Å². The Morgan fingerprint density at radius 2 is 2.04 bits per heavy atom. The molecule has 0 atom stereocenters. The summed E-state index contributed by atoms with van der Waals surface area (Å²) in [6, 6.07) is 9.14. The fourth-order valence-corrected chi connectivity index (χ4v) is 2.19. The molecule has 6 heteroatoms. The highest BCUT2D eigenvalue weighted by Crippen LogP contribution is 2.25. The van der Waals surface area contributed by atoms with E-state index in [4.69, 9.17) is 9.47 Å². The highest BCUT2D eigenvalue weighted by molar-refractivity contribution is 6.03. The minimum Gasteiger partial charge on any atom is -0.495 e. The second-order valence-corrected chi connectivity index (χ2v) is 5.36. The molecule has 2 rings (SSSR count). The lowest BCUT2D eigenvalue weighted by Gasteiger charge is -2.11. The zero-order chi connectivity index (χ0) is 17.4. The number of amides is 1. The van der Waals surface area contributed by atoms with Crippen molar-refractivity contribution < 1.29 is 14.3 Å². The van der Waals surface area contributed by atoms with Crippen LogP contribution in [0.15, 0.2) is 36.5 Å². The molecule has 0 unspecified atom stereocenters. The molecule has 2 aromatic rings. The molecule has 1 amide bonds. The smallest absolute Gasteiger partial charge is 0.274 e. The summed E-state index contributed by atoms with van der Waals surface area (Å²) >= 11 is 0. The van der Waals surface area contributed by atoms with Gasteiger partial charge in [0.05, 0.1) is 24.7 Å². The van der Waals surface area contributed by atoms with Gasteiger partial charge in [0.15, 0.2) is 0 Å². The number of pyridine rings is 1. The van der Waals surface area contributed by atoms with Gasteiger partial charge in [-0.15, -0.1) is 0 Å². The van der Waals surface area contributed by atoms with Gasteiger partial charge in [0.1, 0.15) is 11.4 Å². The first-order valence-electron chi connectivity index (χ1n) is 7.79. The van der Waals surface area contributed by atoms with Crippen molar-refractivity contribution >= 4 is 17.3 Å². The van der Waals surface area contributed by atoms with Gasteiger partial charge >= 0.3 is 0 Å². The van der Waals surface area contributed by atoms with Crippen molar-refractivity contribution in [3.8, 4) is 5.75 Å². The van der Waals surface area contributed by atoms with Crippen LogP contribution in [0.25, 0.3) is 0 Å². The van der Waals surface area contributed by atoms with E-state index in [-0.39, 0.29) is 5.91 Å². The maximum absolute atomic E-state index is 12.3. The Morgan fingerprint density at radius 1 is 1.21 bits per heavy atom. The summed E-state index contributed by atoms with van der Waals surface area (Å²) in [4.78, 5) is 16.5. The van der Waals surface area contributed by atoms with Crippen molar-refractivity contribution in [1.29, 1.82) is 0 Å². The molecule has 0 bridgehead atoms. The second kappa shape index (κ2) is 8.88. The molecule has 2 N–H and O–H groups in total. The highest BCUT2D eigenvalue weighted by atomic mass is 16.5. The number of hydrogen-bond donors (Lipinski definition) is 2. The lowest BCUT2D eigenvalue weighted by atomic mass is 10.2. The van der Waals surface area contributed by atoms with Crippen molar-refractivity contribution in [1.82, 2.24) is 4.98 Å². The van der Waals surface area contributed by atoms with Crippen molar-refractivity contribution in [2.24, 2.45) is 0 Å². The van der Waals surface area contributed by atoms with Crippen LogP contribution in [-0.4, -0.2) is 38.3 Å². The van der Waals surface area contributed by atoms with Crippen molar-refractivity contribution in [2.75, 3.05) is 38.0 Å². The lowest BCUT2D eigenvalue weighted by Crippen LogP contribution is -2.14. The predicted octanol–water partition coefficient (Wildman–Crippen LogP) is 3.10. The number of aromatic nitrogens is 1. The lowest BCUT2D eigenvalue weighted by molar-refractivity contribution is 0.102. The largest absolute Gasteiger partial charge is 0.495 e. The highest BCUT2D eigenvalue weighted by Gasteiger charge is 2.11. The summed E-state index contributed by atoms with van der Waals surface area (Å²) in [5, 5.41) is 6.06. The summed E-state index contributed by atoms with van der Waals surface area (Å²) in [6.45, 7) is 3.46. The Labute approximate surface area is 142 Å². The molecule has 0 fully saturated rings. The van der Waals surface area contributed by atoms with Crippen LogP contribution in [0, 0.1) is 6.92 Å². The normalized spacial score (nSPS) is 10.3. The van der Waals surface area contributed by atoms with E-state index in [1.54, 1.807) is 26.5 Å². The zero-order valence-corrected chi connectivity index (χ0v) is 14.3. The Balaban J connectivity index is 1.99. The van der Waals surface area contributed by atoms with E-state index in [1.165, 1.54) is 0 Å². The third-order valence-corrected chi connectivity index (χ3v) is 3.45. The number of anilines is 2. The summed E-state index contributed by atoms with van der Waals surface area (Å²) in [5.74, 6) is 0.343. The molecule has 1 aromatic heterocycles. The molecule has 128 valence electrons. The molecular formula is C18H23N3O3. The maximum Gasteiger partial charge on any atom is 0.274 e. The van der Waals surface area contributed by atoms with Crippen LogP contribution in [0.4, 0.5) is 11.4 Å². The van der Waals surface area contributed by atoms with Crippen molar-refractivity contribution in [2.45, 2.75) is 13.3 Å². The van der Waals surface area contributed by atoms with E-state index >= 15 is 0 Å². The minimum atomic E-state index is -0.273. The van der Waals surface area contributed by atoms with Crippen LogP contribution in [0.5, 0.6) is 5.75 Å². The van der Waals surface area contributed by atoms with Crippen LogP contribution in [0.3, 0.4) is 0 Å². The average Bonchev–Trinajstić information content (AvgIpc) is 2.59. The van der Waals surface area contributed by atoms with Gasteiger partial charge in [-0.1, -0.05) is 6.07 Å². The van der Waals surface area contributed by atoms with Crippen LogP contribution in [0.1, 0.15) is 22.5 Å². The first-order chi connectivity index (χ1) is 11.6. The van der Waals surface area contributed by atoms with E-state index in [1.807, 2.05) is 31.2 Å². The molecule has 0 aliphatic carbocycles.